The van der Waals surface area contributed by atoms with Gasteiger partial charge in [0.25, 0.3) is 0 Å². The Kier molecular flexibility index (Phi) is 4.63. The maximum atomic E-state index is 12.6. The fraction of sp³-hybridized carbons (Fsp3) is 0.450. The van der Waals surface area contributed by atoms with E-state index >= 15 is 0 Å². The minimum Gasteiger partial charge on any atom is -0.361 e. The van der Waals surface area contributed by atoms with E-state index in [-0.39, 0.29) is 17.2 Å². The van der Waals surface area contributed by atoms with Crippen LogP contribution < -0.4 is 0 Å². The molecule has 27 heavy (non-hydrogen) atoms. The third-order valence-corrected chi connectivity index (χ3v) is 6.46. The Morgan fingerprint density at radius 2 is 2.26 bits per heavy atom. The lowest BCUT2D eigenvalue weighted by atomic mass is 9.86. The number of hydrogen-bond donors (Lipinski definition) is 0. The maximum Gasteiger partial charge on any atom is 0.246 e. The van der Waals surface area contributed by atoms with Crippen molar-refractivity contribution in [3.05, 3.63) is 45.5 Å². The average Bonchev–Trinajstić information content (AvgIpc) is 3.41. The second kappa shape index (κ2) is 6.96. The molecule has 2 aromatic rings. The van der Waals surface area contributed by atoms with Crippen molar-refractivity contribution in [1.82, 2.24) is 15.0 Å². The third kappa shape index (κ3) is 3.56. The zero-order valence-electron chi connectivity index (χ0n) is 15.6. The molecule has 0 radical (unpaired) electrons. The first-order valence-electron chi connectivity index (χ1n) is 9.16. The van der Waals surface area contributed by atoms with E-state index in [1.54, 1.807) is 17.4 Å². The molecular formula is C20H23N3O3S. The van der Waals surface area contributed by atoms with E-state index < -0.39 is 0 Å². The predicted molar refractivity (Wildman–Crippen MR) is 103 cm³/mol. The van der Waals surface area contributed by atoms with Crippen molar-refractivity contribution in [3.8, 4) is 0 Å². The monoisotopic (exact) mass is 385 g/mol. The van der Waals surface area contributed by atoms with Crippen molar-refractivity contribution in [1.29, 1.82) is 0 Å². The van der Waals surface area contributed by atoms with Gasteiger partial charge in [0.1, 0.15) is 5.76 Å². The number of rotatable bonds is 4. The maximum absolute atomic E-state index is 12.6. The van der Waals surface area contributed by atoms with Crippen LogP contribution in [0.2, 0.25) is 0 Å². The van der Waals surface area contributed by atoms with Gasteiger partial charge < -0.3 is 14.3 Å². The molecule has 0 saturated carbocycles. The highest BCUT2D eigenvalue weighted by Gasteiger charge is 2.48. The van der Waals surface area contributed by atoms with Crippen molar-refractivity contribution in [2.75, 3.05) is 19.6 Å². The Bertz CT molecular complexity index is 867. The molecular weight excluding hydrogens is 362 g/mol. The molecule has 7 heteroatoms. The number of hydrogen-bond acceptors (Lipinski definition) is 5. The van der Waals surface area contributed by atoms with Gasteiger partial charge in [-0.25, -0.2) is 0 Å². The highest BCUT2D eigenvalue weighted by Crippen LogP contribution is 2.41. The summed E-state index contributed by atoms with van der Waals surface area (Å²) in [5, 5.41) is 5.97. The Labute approximate surface area is 162 Å². The summed E-state index contributed by atoms with van der Waals surface area (Å²) in [4.78, 5) is 29.9. The molecule has 0 aliphatic carbocycles. The number of carbonyl (C=O) groups is 2. The van der Waals surface area contributed by atoms with E-state index in [0.717, 1.165) is 28.3 Å². The molecule has 2 aliphatic heterocycles. The van der Waals surface area contributed by atoms with Gasteiger partial charge in [-0.3, -0.25) is 9.59 Å². The standard InChI is InChI=1S/C20H23N3O3S/c1-14-17(15(2)26-21-14)11-23-13-20(10-19(23)25)7-8-22(12-20)18(24)6-5-16-4-3-9-27-16/h3-6,9H,7-8,10-13H2,1-2H3/b6-5+. The summed E-state index contributed by atoms with van der Waals surface area (Å²) in [5.74, 6) is 0.943. The molecule has 2 aromatic heterocycles. The molecule has 6 nitrogen and oxygen atoms in total. The Morgan fingerprint density at radius 3 is 2.96 bits per heavy atom. The van der Waals surface area contributed by atoms with Crippen LogP contribution in [0.3, 0.4) is 0 Å². The van der Waals surface area contributed by atoms with Crippen LogP contribution >= 0.6 is 11.3 Å². The van der Waals surface area contributed by atoms with Gasteiger partial charge in [-0.05, 0) is 37.8 Å². The van der Waals surface area contributed by atoms with E-state index in [0.29, 0.717) is 32.6 Å². The number of nitrogens with zero attached hydrogens (tertiary/aromatic N) is 3. The molecule has 2 amide bonds. The molecule has 2 fully saturated rings. The lowest BCUT2D eigenvalue weighted by Crippen LogP contribution is -2.33. The Morgan fingerprint density at radius 1 is 1.41 bits per heavy atom. The number of aryl methyl sites for hydroxylation is 2. The number of likely N-dealkylation sites (tertiary alicyclic amines) is 2. The van der Waals surface area contributed by atoms with Crippen LogP contribution in [-0.4, -0.2) is 46.4 Å². The van der Waals surface area contributed by atoms with Crippen molar-refractivity contribution in [3.63, 3.8) is 0 Å². The van der Waals surface area contributed by atoms with Crippen molar-refractivity contribution >= 4 is 29.2 Å². The molecule has 142 valence electrons. The number of aromatic nitrogens is 1. The molecule has 0 bridgehead atoms. The summed E-state index contributed by atoms with van der Waals surface area (Å²) in [6.07, 6.45) is 4.88. The van der Waals surface area contributed by atoms with E-state index in [1.165, 1.54) is 0 Å². The zero-order chi connectivity index (χ0) is 19.0. The number of amides is 2. The molecule has 1 atom stereocenters. The van der Waals surface area contributed by atoms with Crippen LogP contribution in [0, 0.1) is 19.3 Å². The van der Waals surface area contributed by atoms with Crippen LogP contribution in [0.25, 0.3) is 6.08 Å². The Balaban J connectivity index is 1.40. The summed E-state index contributed by atoms with van der Waals surface area (Å²) in [6, 6.07) is 3.96. The summed E-state index contributed by atoms with van der Waals surface area (Å²) in [6.45, 7) is 6.35. The normalized spacial score (nSPS) is 22.7. The van der Waals surface area contributed by atoms with Crippen molar-refractivity contribution < 1.29 is 14.1 Å². The van der Waals surface area contributed by atoms with Gasteiger partial charge in [0.15, 0.2) is 0 Å². The second-order valence-electron chi connectivity index (χ2n) is 7.59. The highest BCUT2D eigenvalue weighted by molar-refractivity contribution is 7.10. The van der Waals surface area contributed by atoms with E-state index in [9.17, 15) is 9.59 Å². The fourth-order valence-electron chi connectivity index (χ4n) is 4.09. The predicted octanol–water partition coefficient (Wildman–Crippen LogP) is 3.02. The smallest absolute Gasteiger partial charge is 0.246 e. The van der Waals surface area contributed by atoms with Crippen molar-refractivity contribution in [2.45, 2.75) is 33.2 Å². The van der Waals surface area contributed by atoms with Crippen molar-refractivity contribution in [2.24, 2.45) is 5.41 Å². The lowest BCUT2D eigenvalue weighted by Gasteiger charge is -2.23. The van der Waals surface area contributed by atoms with Crippen LogP contribution in [0.15, 0.2) is 28.1 Å². The van der Waals surface area contributed by atoms with Gasteiger partial charge in [-0.1, -0.05) is 11.2 Å². The van der Waals surface area contributed by atoms with Gasteiger partial charge in [-0.15, -0.1) is 11.3 Å². The Hall–Kier alpha value is -2.41. The zero-order valence-corrected chi connectivity index (χ0v) is 16.4. The molecule has 0 N–H and O–H groups in total. The van der Waals surface area contributed by atoms with Crippen LogP contribution in [0.4, 0.5) is 0 Å². The largest absolute Gasteiger partial charge is 0.361 e. The van der Waals surface area contributed by atoms with Gasteiger partial charge in [0.2, 0.25) is 11.8 Å². The minimum atomic E-state index is -0.123. The van der Waals surface area contributed by atoms with Crippen LogP contribution in [0.1, 0.15) is 34.7 Å². The molecule has 0 aromatic carbocycles. The molecule has 1 spiro atoms. The molecule has 4 rings (SSSR count). The first-order valence-corrected chi connectivity index (χ1v) is 10.0. The lowest BCUT2D eigenvalue weighted by molar-refractivity contribution is -0.128. The van der Waals surface area contributed by atoms with Crippen LogP contribution in [0.5, 0.6) is 0 Å². The van der Waals surface area contributed by atoms with Gasteiger partial charge in [0, 0.05) is 48.0 Å². The highest BCUT2D eigenvalue weighted by atomic mass is 32.1. The number of thiophene rings is 1. The fourth-order valence-corrected chi connectivity index (χ4v) is 4.70. The topological polar surface area (TPSA) is 66.7 Å². The van der Waals surface area contributed by atoms with Gasteiger partial charge in [-0.2, -0.15) is 0 Å². The second-order valence-corrected chi connectivity index (χ2v) is 8.57. The van der Waals surface area contributed by atoms with E-state index in [2.05, 4.69) is 5.16 Å². The molecule has 1 unspecified atom stereocenters. The third-order valence-electron chi connectivity index (χ3n) is 5.62. The molecule has 2 saturated heterocycles. The van der Waals surface area contributed by atoms with E-state index in [4.69, 9.17) is 4.52 Å². The van der Waals surface area contributed by atoms with E-state index in [1.807, 2.05) is 47.2 Å². The summed E-state index contributed by atoms with van der Waals surface area (Å²) in [7, 11) is 0. The number of carbonyl (C=O) groups excluding carboxylic acids is 2. The summed E-state index contributed by atoms with van der Waals surface area (Å²) in [5.41, 5.74) is 1.70. The average molecular weight is 385 g/mol. The van der Waals surface area contributed by atoms with Crippen LogP contribution in [-0.2, 0) is 16.1 Å². The quantitative estimate of drug-likeness (QED) is 0.759. The first kappa shape index (κ1) is 18.0. The summed E-state index contributed by atoms with van der Waals surface area (Å²) < 4.78 is 5.22. The molecule has 2 aliphatic rings. The molecule has 4 heterocycles. The summed E-state index contributed by atoms with van der Waals surface area (Å²) >= 11 is 1.61. The van der Waals surface area contributed by atoms with Gasteiger partial charge >= 0.3 is 0 Å². The SMILES string of the molecule is Cc1noc(C)c1CN1CC2(CCN(C(=O)/C=C/c3cccs3)C2)CC1=O. The first-order chi connectivity index (χ1) is 13.0. The minimum absolute atomic E-state index is 0.0249. The van der Waals surface area contributed by atoms with Gasteiger partial charge in [0.05, 0.1) is 12.2 Å².